The molecule has 17 heavy (non-hydrogen) atoms. The predicted octanol–water partition coefficient (Wildman–Crippen LogP) is 3.25. The number of benzene rings is 2. The molecular weight excluding hydrogens is 220 g/mol. The molecule has 0 amide bonds. The van der Waals surface area contributed by atoms with Gasteiger partial charge >= 0.3 is 0 Å². The van der Waals surface area contributed by atoms with Crippen LogP contribution in [0.25, 0.3) is 11.1 Å². The Balaban J connectivity index is 2.01. The lowest BCUT2D eigenvalue weighted by Gasteiger charge is -2.09. The van der Waals surface area contributed by atoms with Crippen LogP contribution < -0.4 is 0 Å². The van der Waals surface area contributed by atoms with Crippen molar-refractivity contribution in [2.24, 2.45) is 0 Å². The van der Waals surface area contributed by atoms with Crippen molar-refractivity contribution in [1.82, 2.24) is 0 Å². The lowest BCUT2D eigenvalue weighted by molar-refractivity contribution is 1.60. The smallest absolute Gasteiger partial charge is 0.0708 e. The van der Waals surface area contributed by atoms with Crippen molar-refractivity contribution < 1.29 is 0 Å². The average molecular weight is 234 g/mol. The molecule has 0 atom stereocenters. The minimum atomic E-state index is -0.163. The van der Waals surface area contributed by atoms with Gasteiger partial charge in [-0.15, -0.1) is 0 Å². The zero-order valence-electron chi connectivity index (χ0n) is 9.64. The Bertz CT molecular complexity index is 511. The van der Waals surface area contributed by atoms with Crippen LogP contribution in [0.5, 0.6) is 0 Å². The molecule has 0 radical (unpaired) electrons. The highest BCUT2D eigenvalue weighted by atomic mass is 28.2. The van der Waals surface area contributed by atoms with Crippen LogP contribution in [0, 0.1) is 0 Å². The van der Waals surface area contributed by atoms with Gasteiger partial charge in [0.15, 0.2) is 0 Å². The fourth-order valence-corrected chi connectivity index (χ4v) is 3.80. The highest BCUT2D eigenvalue weighted by Gasteiger charge is 2.13. The molecule has 1 heteroatoms. The molecule has 2 aromatic carbocycles. The molecule has 1 heterocycles. The van der Waals surface area contributed by atoms with Crippen LogP contribution in [0.4, 0.5) is 0 Å². The third-order valence-corrected chi connectivity index (χ3v) is 4.39. The first kappa shape index (κ1) is 10.3. The number of rotatable bonds is 2. The van der Waals surface area contributed by atoms with E-state index in [1.54, 1.807) is 0 Å². The monoisotopic (exact) mass is 234 g/mol. The molecule has 0 aromatic heterocycles. The quantitative estimate of drug-likeness (QED) is 0.700. The molecule has 0 saturated carbocycles. The van der Waals surface area contributed by atoms with Crippen LogP contribution in [-0.4, -0.2) is 9.52 Å². The highest BCUT2D eigenvalue weighted by Crippen LogP contribution is 2.33. The largest absolute Gasteiger partial charge is 0.0886 e. The molecule has 0 unspecified atom stereocenters. The van der Waals surface area contributed by atoms with Gasteiger partial charge in [-0.2, -0.15) is 0 Å². The van der Waals surface area contributed by atoms with E-state index in [1.807, 2.05) is 0 Å². The number of hydrogen-bond donors (Lipinski definition) is 0. The van der Waals surface area contributed by atoms with Gasteiger partial charge < -0.3 is 0 Å². The second kappa shape index (κ2) is 4.56. The normalized spacial score (nSPS) is 14.4. The second-order valence-electron chi connectivity index (χ2n) is 4.20. The summed E-state index contributed by atoms with van der Waals surface area (Å²) in [6.07, 6.45) is 0. The third kappa shape index (κ3) is 2.02. The molecule has 1 aliphatic heterocycles. The summed E-state index contributed by atoms with van der Waals surface area (Å²) >= 11 is 0. The molecule has 0 aliphatic carbocycles. The van der Waals surface area contributed by atoms with Crippen molar-refractivity contribution in [3.05, 3.63) is 83.2 Å². The number of hydrogen-bond acceptors (Lipinski definition) is 0. The van der Waals surface area contributed by atoms with E-state index in [-0.39, 0.29) is 9.52 Å². The maximum absolute atomic E-state index is 2.44. The summed E-state index contributed by atoms with van der Waals surface area (Å²) in [6, 6.07) is 21.4. The van der Waals surface area contributed by atoms with Gasteiger partial charge in [-0.3, -0.25) is 0 Å². The molecule has 1 aliphatic rings. The van der Waals surface area contributed by atoms with E-state index >= 15 is 0 Å². The van der Waals surface area contributed by atoms with E-state index in [0.29, 0.717) is 0 Å². The summed E-state index contributed by atoms with van der Waals surface area (Å²) in [4.78, 5) is 0. The van der Waals surface area contributed by atoms with Crippen LogP contribution >= 0.6 is 0 Å². The first-order valence-corrected chi connectivity index (χ1v) is 7.60. The second-order valence-corrected chi connectivity index (χ2v) is 5.49. The molecule has 0 N–H and O–H groups in total. The Kier molecular flexibility index (Phi) is 2.76. The molecule has 0 bridgehead atoms. The van der Waals surface area contributed by atoms with Gasteiger partial charge in [-0.05, 0) is 22.3 Å². The van der Waals surface area contributed by atoms with E-state index in [2.05, 4.69) is 72.1 Å². The van der Waals surface area contributed by atoms with Crippen molar-refractivity contribution in [2.75, 3.05) is 0 Å². The van der Waals surface area contributed by atoms with Crippen molar-refractivity contribution in [3.63, 3.8) is 0 Å². The molecule has 3 rings (SSSR count). The molecule has 0 spiro atoms. The van der Waals surface area contributed by atoms with Crippen molar-refractivity contribution in [2.45, 2.75) is 0 Å². The minimum absolute atomic E-state index is 0.163. The molecule has 2 aromatic rings. The lowest BCUT2D eigenvalue weighted by Crippen LogP contribution is -1.86. The van der Waals surface area contributed by atoms with Gasteiger partial charge in [0, 0.05) is 0 Å². The van der Waals surface area contributed by atoms with Crippen molar-refractivity contribution in [3.8, 4) is 0 Å². The van der Waals surface area contributed by atoms with Crippen LogP contribution in [0.1, 0.15) is 11.1 Å². The van der Waals surface area contributed by atoms with Crippen LogP contribution in [0.2, 0.25) is 0 Å². The summed E-state index contributed by atoms with van der Waals surface area (Å²) in [6.45, 7) is 0. The van der Waals surface area contributed by atoms with E-state index < -0.39 is 0 Å². The average Bonchev–Trinajstić information content (AvgIpc) is 2.90. The van der Waals surface area contributed by atoms with Crippen LogP contribution in [0.15, 0.2) is 72.1 Å². The van der Waals surface area contributed by atoms with Gasteiger partial charge in [-0.25, -0.2) is 0 Å². The number of allylic oxidation sites excluding steroid dienone is 2. The summed E-state index contributed by atoms with van der Waals surface area (Å²) in [5.41, 5.74) is 10.4. The van der Waals surface area contributed by atoms with Crippen molar-refractivity contribution >= 4 is 20.7 Å². The molecule has 82 valence electrons. The van der Waals surface area contributed by atoms with E-state index in [9.17, 15) is 0 Å². The maximum atomic E-state index is 2.44. The van der Waals surface area contributed by atoms with E-state index in [0.717, 1.165) is 0 Å². The molecule has 0 nitrogen and oxygen atoms in total. The summed E-state index contributed by atoms with van der Waals surface area (Å²) in [5.74, 6) is 0. The fourth-order valence-electron chi connectivity index (χ4n) is 2.30. The summed E-state index contributed by atoms with van der Waals surface area (Å²) < 4.78 is 0. The maximum Gasteiger partial charge on any atom is 0.0708 e. The zero-order chi connectivity index (χ0) is 11.5. The lowest BCUT2D eigenvalue weighted by atomic mass is 9.95. The van der Waals surface area contributed by atoms with Gasteiger partial charge in [0.2, 0.25) is 0 Å². The van der Waals surface area contributed by atoms with Gasteiger partial charge in [0.05, 0.1) is 9.52 Å². The van der Waals surface area contributed by atoms with E-state index in [4.69, 9.17) is 0 Å². The van der Waals surface area contributed by atoms with Crippen LogP contribution in [0.3, 0.4) is 0 Å². The standard InChI is InChI=1S/C16H14Si/c1-3-7-13(8-4-1)15-11-17-12-16(15)14-9-5-2-6-10-14/h1-12H,17H2. The Morgan fingerprint density at radius 3 is 1.35 bits per heavy atom. The van der Waals surface area contributed by atoms with Crippen molar-refractivity contribution in [1.29, 1.82) is 0 Å². The Labute approximate surface area is 104 Å². The molecular formula is C16H14Si. The Morgan fingerprint density at radius 2 is 0.941 bits per heavy atom. The topological polar surface area (TPSA) is 0 Å². The Morgan fingerprint density at radius 1 is 0.529 bits per heavy atom. The van der Waals surface area contributed by atoms with E-state index in [1.165, 1.54) is 22.3 Å². The first-order chi connectivity index (χ1) is 8.45. The third-order valence-electron chi connectivity index (χ3n) is 3.10. The predicted molar refractivity (Wildman–Crippen MR) is 77.4 cm³/mol. The van der Waals surface area contributed by atoms with Crippen LogP contribution in [-0.2, 0) is 0 Å². The minimum Gasteiger partial charge on any atom is -0.0886 e. The summed E-state index contributed by atoms with van der Waals surface area (Å²) in [5, 5.41) is 0. The molecule has 0 saturated heterocycles. The van der Waals surface area contributed by atoms with Gasteiger partial charge in [0.25, 0.3) is 0 Å². The van der Waals surface area contributed by atoms with Gasteiger partial charge in [0.1, 0.15) is 0 Å². The zero-order valence-corrected chi connectivity index (χ0v) is 11.0. The summed E-state index contributed by atoms with van der Waals surface area (Å²) in [7, 11) is -0.163. The molecule has 0 fully saturated rings. The van der Waals surface area contributed by atoms with Gasteiger partial charge in [-0.1, -0.05) is 72.1 Å². The SMILES string of the molecule is C1=C(c2ccccc2)C(c2ccccc2)=C[SiH2]1. The Hall–Kier alpha value is -1.86. The first-order valence-electron chi connectivity index (χ1n) is 5.97. The fraction of sp³-hybridized carbons (Fsp3) is 0. The highest BCUT2D eigenvalue weighted by molar-refractivity contribution is 6.56.